The fourth-order valence-corrected chi connectivity index (χ4v) is 1.44. The van der Waals surface area contributed by atoms with Crippen LogP contribution in [-0.2, 0) is 4.79 Å². The molecule has 0 fully saturated rings. The largest absolute Gasteiger partial charge is 0.406 e. The quantitative estimate of drug-likeness (QED) is 0.622. The Morgan fingerprint density at radius 1 is 1.29 bits per heavy atom. The summed E-state index contributed by atoms with van der Waals surface area (Å²) in [6.07, 6.45) is -3.65. The van der Waals surface area contributed by atoms with Gasteiger partial charge in [0.1, 0.15) is 13.1 Å². The molecule has 116 valence electrons. The zero-order chi connectivity index (χ0) is 16.2. The maximum absolute atomic E-state index is 13.4. The predicted molar refractivity (Wildman–Crippen MR) is 64.8 cm³/mol. The number of hydrogen-bond acceptors (Lipinski definition) is 3. The van der Waals surface area contributed by atoms with E-state index in [9.17, 15) is 27.2 Å². The van der Waals surface area contributed by atoms with E-state index in [1.165, 1.54) is 20.2 Å². The second-order valence-electron chi connectivity index (χ2n) is 4.41. The van der Waals surface area contributed by atoms with Gasteiger partial charge < -0.3 is 9.80 Å². The van der Waals surface area contributed by atoms with Crippen LogP contribution in [0.1, 0.15) is 10.4 Å². The monoisotopic (exact) mass is 307 g/mol. The van der Waals surface area contributed by atoms with Crippen LogP contribution in [0, 0.1) is 5.95 Å². The molecule has 0 aliphatic heterocycles. The Balaban J connectivity index is 3.03. The van der Waals surface area contributed by atoms with Crippen LogP contribution in [0.25, 0.3) is 0 Å². The Morgan fingerprint density at radius 2 is 1.90 bits per heavy atom. The van der Waals surface area contributed by atoms with Gasteiger partial charge in [-0.1, -0.05) is 0 Å². The minimum atomic E-state index is -4.71. The minimum absolute atomic E-state index is 0.239. The average Bonchev–Trinajstić information content (AvgIpc) is 2.36. The van der Waals surface area contributed by atoms with E-state index in [0.29, 0.717) is 0 Å². The van der Waals surface area contributed by atoms with Crippen molar-refractivity contribution in [2.75, 3.05) is 27.2 Å². The van der Waals surface area contributed by atoms with Gasteiger partial charge in [0.05, 0.1) is 5.56 Å². The molecule has 0 N–H and O–H groups in total. The zero-order valence-corrected chi connectivity index (χ0v) is 11.3. The van der Waals surface area contributed by atoms with Gasteiger partial charge in [0, 0.05) is 20.3 Å². The highest BCUT2D eigenvalue weighted by atomic mass is 19.4. The van der Waals surface area contributed by atoms with Crippen LogP contribution in [0.3, 0.4) is 0 Å². The van der Waals surface area contributed by atoms with Crippen LogP contribution in [-0.4, -0.2) is 60.0 Å². The van der Waals surface area contributed by atoms with E-state index in [2.05, 4.69) is 4.98 Å². The number of aromatic nitrogens is 1. The number of halogens is 4. The van der Waals surface area contributed by atoms with Crippen molar-refractivity contribution < 1.29 is 27.2 Å². The van der Waals surface area contributed by atoms with E-state index in [1.807, 2.05) is 0 Å². The first-order chi connectivity index (χ1) is 9.61. The van der Waals surface area contributed by atoms with Crippen molar-refractivity contribution in [3.63, 3.8) is 0 Å². The number of likely N-dealkylation sites (N-methyl/N-ethyl adjacent to an activating group) is 1. The van der Waals surface area contributed by atoms with Gasteiger partial charge in [0.2, 0.25) is 11.9 Å². The van der Waals surface area contributed by atoms with Crippen molar-refractivity contribution in [2.45, 2.75) is 6.18 Å². The Labute approximate surface area is 118 Å². The smallest absolute Gasteiger partial charge is 0.347 e. The highest BCUT2D eigenvalue weighted by Gasteiger charge is 2.35. The summed E-state index contributed by atoms with van der Waals surface area (Å²) >= 11 is 0. The maximum atomic E-state index is 13.4. The third-order valence-electron chi connectivity index (χ3n) is 2.47. The molecule has 0 bridgehead atoms. The lowest BCUT2D eigenvalue weighted by Gasteiger charge is -2.24. The molecule has 0 saturated heterocycles. The summed E-state index contributed by atoms with van der Waals surface area (Å²) in [4.78, 5) is 28.0. The molecule has 1 heterocycles. The molecule has 0 aliphatic carbocycles. The summed E-state index contributed by atoms with van der Waals surface area (Å²) in [5.41, 5.74) is -0.617. The van der Waals surface area contributed by atoms with Crippen LogP contribution in [0.5, 0.6) is 0 Å². The maximum Gasteiger partial charge on any atom is 0.406 e. The van der Waals surface area contributed by atoms with Crippen LogP contribution in [0.4, 0.5) is 17.6 Å². The third-order valence-corrected chi connectivity index (χ3v) is 2.47. The fraction of sp³-hybridized carbons (Fsp3) is 0.417. The number of nitrogens with zero attached hydrogens (tertiary/aromatic N) is 3. The van der Waals surface area contributed by atoms with E-state index in [0.717, 1.165) is 17.2 Å². The van der Waals surface area contributed by atoms with Crippen LogP contribution in [0.15, 0.2) is 18.3 Å². The summed E-state index contributed by atoms with van der Waals surface area (Å²) in [5.74, 6) is -3.14. The van der Waals surface area contributed by atoms with Gasteiger partial charge in [-0.05, 0) is 12.1 Å². The van der Waals surface area contributed by atoms with E-state index in [1.54, 1.807) is 0 Å². The predicted octanol–water partition coefficient (Wildman–Crippen LogP) is 1.31. The van der Waals surface area contributed by atoms with Crippen molar-refractivity contribution >= 4 is 11.8 Å². The Bertz CT molecular complexity index is 531. The lowest BCUT2D eigenvalue weighted by atomic mass is 10.2. The fourth-order valence-electron chi connectivity index (χ4n) is 1.44. The van der Waals surface area contributed by atoms with Crippen molar-refractivity contribution in [1.82, 2.24) is 14.8 Å². The number of carbonyl (C=O) groups is 2. The van der Waals surface area contributed by atoms with Crippen molar-refractivity contribution in [3.05, 3.63) is 29.8 Å². The summed E-state index contributed by atoms with van der Waals surface area (Å²) in [5, 5.41) is 0. The van der Waals surface area contributed by atoms with E-state index >= 15 is 0 Å². The molecule has 1 aromatic rings. The number of carbonyl (C=O) groups excluding carboxylic acids is 2. The summed E-state index contributed by atoms with van der Waals surface area (Å²) in [6.45, 7) is -2.46. The molecule has 1 rings (SSSR count). The molecule has 0 unspecified atom stereocenters. The third kappa shape index (κ3) is 5.01. The zero-order valence-electron chi connectivity index (χ0n) is 11.3. The molecular formula is C12H13F4N3O2. The molecule has 0 aromatic carbocycles. The number of amides is 2. The minimum Gasteiger partial charge on any atom is -0.347 e. The van der Waals surface area contributed by atoms with Crippen molar-refractivity contribution in [2.24, 2.45) is 0 Å². The van der Waals surface area contributed by atoms with Gasteiger partial charge in [0.15, 0.2) is 0 Å². The van der Waals surface area contributed by atoms with E-state index in [-0.39, 0.29) is 4.90 Å². The van der Waals surface area contributed by atoms with Gasteiger partial charge >= 0.3 is 6.18 Å². The van der Waals surface area contributed by atoms with Crippen molar-refractivity contribution in [3.8, 4) is 0 Å². The van der Waals surface area contributed by atoms with Crippen LogP contribution >= 0.6 is 0 Å². The second-order valence-corrected chi connectivity index (χ2v) is 4.41. The summed E-state index contributed by atoms with van der Waals surface area (Å²) < 4.78 is 50.9. The van der Waals surface area contributed by atoms with Gasteiger partial charge in [0.25, 0.3) is 5.91 Å². The van der Waals surface area contributed by atoms with E-state index < -0.39 is 42.6 Å². The Morgan fingerprint density at radius 3 is 2.38 bits per heavy atom. The molecule has 2 amide bonds. The second kappa shape index (κ2) is 6.51. The van der Waals surface area contributed by atoms with Gasteiger partial charge in [-0.3, -0.25) is 9.59 Å². The number of rotatable bonds is 4. The van der Waals surface area contributed by atoms with Gasteiger partial charge in [-0.25, -0.2) is 4.98 Å². The summed E-state index contributed by atoms with van der Waals surface area (Å²) in [6, 6.07) is 2.23. The molecule has 0 radical (unpaired) electrons. The molecule has 1 aromatic heterocycles. The number of pyridine rings is 1. The SMILES string of the molecule is CN(C)C(=O)CN(CC(F)(F)F)C(=O)c1cccnc1F. The lowest BCUT2D eigenvalue weighted by molar-refractivity contribution is -0.146. The molecule has 21 heavy (non-hydrogen) atoms. The Kier molecular flexibility index (Phi) is 5.23. The number of alkyl halides is 3. The highest BCUT2D eigenvalue weighted by molar-refractivity contribution is 5.96. The molecule has 0 saturated carbocycles. The Hall–Kier alpha value is -2.19. The first-order valence-corrected chi connectivity index (χ1v) is 5.78. The van der Waals surface area contributed by atoms with Crippen molar-refractivity contribution in [1.29, 1.82) is 0 Å². The molecule has 0 atom stereocenters. The van der Waals surface area contributed by atoms with Crippen LogP contribution in [0.2, 0.25) is 0 Å². The topological polar surface area (TPSA) is 53.5 Å². The first kappa shape index (κ1) is 16.9. The normalized spacial score (nSPS) is 11.1. The van der Waals surface area contributed by atoms with E-state index in [4.69, 9.17) is 0 Å². The molecule has 0 aliphatic rings. The lowest BCUT2D eigenvalue weighted by Crippen LogP contribution is -2.45. The van der Waals surface area contributed by atoms with Gasteiger partial charge in [-0.2, -0.15) is 17.6 Å². The number of hydrogen-bond donors (Lipinski definition) is 0. The standard InChI is InChI=1S/C12H13F4N3O2/c1-18(2)9(20)6-19(7-12(14,15)16)11(21)8-4-3-5-17-10(8)13/h3-5H,6-7H2,1-2H3. The summed E-state index contributed by atoms with van der Waals surface area (Å²) in [7, 11) is 2.67. The van der Waals surface area contributed by atoms with Gasteiger partial charge in [-0.15, -0.1) is 0 Å². The molecular weight excluding hydrogens is 294 g/mol. The molecule has 5 nitrogen and oxygen atoms in total. The molecule has 0 spiro atoms. The van der Waals surface area contributed by atoms with Crippen LogP contribution < -0.4 is 0 Å². The first-order valence-electron chi connectivity index (χ1n) is 5.78. The highest BCUT2D eigenvalue weighted by Crippen LogP contribution is 2.18. The average molecular weight is 307 g/mol. The molecule has 9 heteroatoms.